The Hall–Kier alpha value is -0.390. The maximum atomic E-state index is 2.78. The fourth-order valence-corrected chi connectivity index (χ4v) is 7.50. The highest BCUT2D eigenvalue weighted by molar-refractivity contribution is 5.51. The summed E-state index contributed by atoms with van der Waals surface area (Å²) in [5, 5.41) is 0. The monoisotopic (exact) mass is 239 g/mol. The number of allylic oxidation sites excluding steroid dienone is 2. The molecule has 0 heteroatoms. The standard InChI is InChI=1S/C18H23/c1-2-3-9-6-11(9)10-4-5-14-16(10)15-7-12-13-8-18(14,15)17(12)13/h2,7,9-14,16-17H,3-6,8H2,1H3/q+1. The van der Waals surface area contributed by atoms with Gasteiger partial charge in [-0.05, 0) is 72.5 Å². The van der Waals surface area contributed by atoms with E-state index in [1.54, 1.807) is 25.7 Å². The zero-order chi connectivity index (χ0) is 11.6. The van der Waals surface area contributed by atoms with Gasteiger partial charge < -0.3 is 0 Å². The molecule has 0 aromatic carbocycles. The van der Waals surface area contributed by atoms with Crippen molar-refractivity contribution in [3.8, 4) is 0 Å². The molecule has 5 fully saturated rings. The van der Waals surface area contributed by atoms with Gasteiger partial charge in [0.1, 0.15) is 0 Å². The van der Waals surface area contributed by atoms with Crippen LogP contribution in [0.15, 0.2) is 11.6 Å². The van der Waals surface area contributed by atoms with Gasteiger partial charge in [0.15, 0.2) is 0 Å². The molecule has 0 saturated heterocycles. The van der Waals surface area contributed by atoms with E-state index in [2.05, 4.69) is 19.4 Å². The third-order valence-electron chi connectivity index (χ3n) is 8.10. The van der Waals surface area contributed by atoms with Crippen molar-refractivity contribution in [2.45, 2.75) is 39.0 Å². The lowest BCUT2D eigenvalue weighted by Crippen LogP contribution is -2.55. The van der Waals surface area contributed by atoms with Crippen LogP contribution in [0.1, 0.15) is 39.0 Å². The molecule has 0 amide bonds. The summed E-state index contributed by atoms with van der Waals surface area (Å²) in [6.07, 6.45) is 13.0. The third kappa shape index (κ3) is 0.751. The normalized spacial score (nSPS) is 68.2. The summed E-state index contributed by atoms with van der Waals surface area (Å²) in [5.41, 5.74) is 2.86. The number of rotatable bonds is 3. The van der Waals surface area contributed by atoms with Crippen molar-refractivity contribution in [2.75, 3.05) is 0 Å². The van der Waals surface area contributed by atoms with E-state index in [0.29, 0.717) is 0 Å². The Bertz CT molecular complexity index is 474. The van der Waals surface area contributed by atoms with Crippen molar-refractivity contribution in [1.29, 1.82) is 0 Å². The summed E-state index contributed by atoms with van der Waals surface area (Å²) in [6.45, 7) is 2.24. The molecule has 0 nitrogen and oxygen atoms in total. The van der Waals surface area contributed by atoms with Crippen LogP contribution in [0.25, 0.3) is 0 Å². The SMILES string of the molecule is C[CH+]CC1CC1C1CCC2C1C1=CC3C4CC12C34. The summed E-state index contributed by atoms with van der Waals surface area (Å²) >= 11 is 0. The van der Waals surface area contributed by atoms with Gasteiger partial charge in [-0.1, -0.05) is 11.6 Å². The van der Waals surface area contributed by atoms with Gasteiger partial charge in [0, 0.05) is 5.92 Å². The Morgan fingerprint density at radius 2 is 2.22 bits per heavy atom. The van der Waals surface area contributed by atoms with E-state index in [1.165, 1.54) is 18.3 Å². The van der Waals surface area contributed by atoms with Crippen molar-refractivity contribution in [3.05, 3.63) is 18.1 Å². The molecule has 0 bridgehead atoms. The molecule has 6 aliphatic carbocycles. The van der Waals surface area contributed by atoms with Crippen LogP contribution in [0, 0.1) is 59.2 Å². The van der Waals surface area contributed by atoms with Crippen molar-refractivity contribution in [3.63, 3.8) is 0 Å². The van der Waals surface area contributed by atoms with Gasteiger partial charge in [-0.25, -0.2) is 0 Å². The van der Waals surface area contributed by atoms with E-state index >= 15 is 0 Å². The van der Waals surface area contributed by atoms with Crippen LogP contribution in [0.3, 0.4) is 0 Å². The molecule has 1 spiro atoms. The van der Waals surface area contributed by atoms with Crippen LogP contribution in [0.2, 0.25) is 0 Å². The van der Waals surface area contributed by atoms with Crippen LogP contribution < -0.4 is 0 Å². The average molecular weight is 239 g/mol. The molecule has 6 aliphatic rings. The Balaban J connectivity index is 1.30. The molecule has 0 aromatic rings. The van der Waals surface area contributed by atoms with Gasteiger partial charge in [0.05, 0.1) is 19.8 Å². The van der Waals surface area contributed by atoms with Gasteiger partial charge >= 0.3 is 0 Å². The minimum absolute atomic E-state index is 0.843. The first kappa shape index (κ1) is 9.50. The second-order valence-electron chi connectivity index (χ2n) is 8.31. The summed E-state index contributed by atoms with van der Waals surface area (Å²) in [6, 6.07) is 0. The number of fused-ring (bicyclic) bond motifs is 3. The molecule has 0 N–H and O–H groups in total. The molecule has 9 unspecified atom stereocenters. The van der Waals surface area contributed by atoms with E-state index in [9.17, 15) is 0 Å². The smallest absolute Gasteiger partial charge is 0.0807 e. The van der Waals surface area contributed by atoms with Gasteiger partial charge in [-0.15, -0.1) is 0 Å². The molecule has 0 aliphatic heterocycles. The zero-order valence-electron chi connectivity index (χ0n) is 11.3. The summed E-state index contributed by atoms with van der Waals surface area (Å²) in [7, 11) is 0. The van der Waals surface area contributed by atoms with Crippen LogP contribution in [-0.2, 0) is 0 Å². The van der Waals surface area contributed by atoms with Gasteiger partial charge in [-0.2, -0.15) is 0 Å². The minimum atomic E-state index is 0.843. The quantitative estimate of drug-likeness (QED) is 0.514. The maximum absolute atomic E-state index is 2.78. The predicted molar refractivity (Wildman–Crippen MR) is 71.5 cm³/mol. The minimum Gasteiger partial charge on any atom is -0.0807 e. The topological polar surface area (TPSA) is 0 Å². The largest absolute Gasteiger partial charge is 0.0903 e. The Labute approximate surface area is 110 Å². The summed E-state index contributed by atoms with van der Waals surface area (Å²) < 4.78 is 0. The van der Waals surface area contributed by atoms with E-state index in [0.717, 1.165) is 40.9 Å². The molecule has 0 heterocycles. The Kier molecular flexibility index (Phi) is 1.36. The van der Waals surface area contributed by atoms with Crippen LogP contribution in [-0.4, -0.2) is 0 Å². The molecular weight excluding hydrogens is 216 g/mol. The van der Waals surface area contributed by atoms with E-state index in [-0.39, 0.29) is 0 Å². The van der Waals surface area contributed by atoms with Crippen molar-refractivity contribution >= 4 is 0 Å². The maximum Gasteiger partial charge on any atom is 0.0903 e. The molecule has 5 saturated carbocycles. The highest BCUT2D eigenvalue weighted by Crippen LogP contribution is 2.90. The second kappa shape index (κ2) is 2.58. The van der Waals surface area contributed by atoms with E-state index in [4.69, 9.17) is 0 Å². The van der Waals surface area contributed by atoms with Gasteiger partial charge in [0.25, 0.3) is 0 Å². The fraction of sp³-hybridized carbons (Fsp3) is 0.833. The fourth-order valence-electron chi connectivity index (χ4n) is 7.50. The molecule has 94 valence electrons. The number of hydrogen-bond acceptors (Lipinski definition) is 0. The first-order chi connectivity index (χ1) is 8.86. The third-order valence-corrected chi connectivity index (χ3v) is 8.10. The second-order valence-corrected chi connectivity index (χ2v) is 8.31. The Morgan fingerprint density at radius 3 is 3.06 bits per heavy atom. The van der Waals surface area contributed by atoms with Crippen LogP contribution >= 0.6 is 0 Å². The lowest BCUT2D eigenvalue weighted by atomic mass is 9.42. The number of hydrogen-bond donors (Lipinski definition) is 0. The van der Waals surface area contributed by atoms with Crippen molar-refractivity contribution in [2.24, 2.45) is 52.8 Å². The molecule has 0 radical (unpaired) electrons. The predicted octanol–water partition coefficient (Wildman–Crippen LogP) is 4.09. The average Bonchev–Trinajstić information content (AvgIpc) is 3.12. The lowest BCUT2D eigenvalue weighted by Gasteiger charge is -2.61. The molecule has 0 aromatic heterocycles. The van der Waals surface area contributed by atoms with E-state index in [1.807, 2.05) is 5.57 Å². The molecule has 18 heavy (non-hydrogen) atoms. The van der Waals surface area contributed by atoms with E-state index < -0.39 is 0 Å². The highest BCUT2D eigenvalue weighted by Gasteiger charge is 2.84. The Morgan fingerprint density at radius 1 is 1.28 bits per heavy atom. The first-order valence-electron chi connectivity index (χ1n) is 8.36. The molecule has 9 atom stereocenters. The highest BCUT2D eigenvalue weighted by atomic mass is 14.9. The van der Waals surface area contributed by atoms with Crippen LogP contribution in [0.5, 0.6) is 0 Å². The van der Waals surface area contributed by atoms with Gasteiger partial charge in [0.2, 0.25) is 0 Å². The van der Waals surface area contributed by atoms with Crippen LogP contribution in [0.4, 0.5) is 0 Å². The lowest BCUT2D eigenvalue weighted by molar-refractivity contribution is -0.0344. The van der Waals surface area contributed by atoms with Crippen molar-refractivity contribution in [1.82, 2.24) is 0 Å². The van der Waals surface area contributed by atoms with Gasteiger partial charge in [-0.3, -0.25) is 0 Å². The zero-order valence-corrected chi connectivity index (χ0v) is 11.3. The first-order valence-corrected chi connectivity index (χ1v) is 8.36. The summed E-state index contributed by atoms with van der Waals surface area (Å²) in [5.74, 6) is 9.03. The summed E-state index contributed by atoms with van der Waals surface area (Å²) in [4.78, 5) is 0. The van der Waals surface area contributed by atoms with Crippen molar-refractivity contribution < 1.29 is 0 Å². The molecular formula is C18H23+. The molecule has 6 rings (SSSR count).